The van der Waals surface area contributed by atoms with Crippen molar-refractivity contribution in [1.82, 2.24) is 9.80 Å². The number of carbonyl (C=O) groups excluding carboxylic acids is 1. The van der Waals surface area contributed by atoms with Gasteiger partial charge in [0, 0.05) is 19.6 Å². The Balaban J connectivity index is 1.95. The number of hydrogen-bond donors (Lipinski definition) is 1. The summed E-state index contributed by atoms with van der Waals surface area (Å²) >= 11 is 0. The maximum Gasteiger partial charge on any atom is 0.234 e. The molecule has 2 aliphatic heterocycles. The quantitative estimate of drug-likeness (QED) is 0.724. The van der Waals surface area contributed by atoms with Crippen LogP contribution in [0.3, 0.4) is 0 Å². The second kappa shape index (κ2) is 4.92. The van der Waals surface area contributed by atoms with Gasteiger partial charge in [-0.05, 0) is 33.0 Å². The van der Waals surface area contributed by atoms with Crippen LogP contribution in [0.2, 0.25) is 0 Å². The lowest BCUT2D eigenvalue weighted by Crippen LogP contribution is -2.60. The fraction of sp³-hybridized carbons (Fsp3) is 0.917. The Labute approximate surface area is 103 Å². The first kappa shape index (κ1) is 12.8. The van der Waals surface area contributed by atoms with E-state index in [9.17, 15) is 4.79 Å². The Hall–Kier alpha value is -0.650. The molecule has 98 valence electrons. The normalized spacial score (nSPS) is 25.4. The first-order valence-electron chi connectivity index (χ1n) is 6.33. The molecular formula is C12H23N3O2. The minimum atomic E-state index is -0.432. The lowest BCUT2D eigenvalue weighted by molar-refractivity contribution is -0.171. The molecule has 17 heavy (non-hydrogen) atoms. The fourth-order valence-electron chi connectivity index (χ4n) is 2.60. The van der Waals surface area contributed by atoms with Crippen LogP contribution >= 0.6 is 0 Å². The van der Waals surface area contributed by atoms with Crippen molar-refractivity contribution in [3.8, 4) is 0 Å². The van der Waals surface area contributed by atoms with Crippen LogP contribution in [-0.2, 0) is 9.53 Å². The molecule has 2 fully saturated rings. The highest BCUT2D eigenvalue weighted by Gasteiger charge is 2.47. The average Bonchev–Trinajstić information content (AvgIpc) is 2.28. The molecule has 0 bridgehead atoms. The van der Waals surface area contributed by atoms with Crippen LogP contribution in [0.1, 0.15) is 12.8 Å². The van der Waals surface area contributed by atoms with Gasteiger partial charge in [-0.2, -0.15) is 0 Å². The van der Waals surface area contributed by atoms with Crippen LogP contribution < -0.4 is 5.73 Å². The molecule has 0 radical (unpaired) electrons. The molecule has 2 N–H and O–H groups in total. The second-order valence-corrected chi connectivity index (χ2v) is 5.43. The molecule has 0 atom stereocenters. The van der Waals surface area contributed by atoms with E-state index < -0.39 is 5.41 Å². The van der Waals surface area contributed by atoms with Crippen molar-refractivity contribution in [2.45, 2.75) is 18.9 Å². The maximum absolute atomic E-state index is 12.4. The van der Waals surface area contributed by atoms with E-state index >= 15 is 0 Å². The Morgan fingerprint density at radius 2 is 2.06 bits per heavy atom. The van der Waals surface area contributed by atoms with Gasteiger partial charge in [0.2, 0.25) is 5.91 Å². The number of nitrogens with zero attached hydrogens (tertiary/aromatic N) is 2. The summed E-state index contributed by atoms with van der Waals surface area (Å²) in [5, 5.41) is 0. The van der Waals surface area contributed by atoms with Crippen molar-refractivity contribution in [3.63, 3.8) is 0 Å². The van der Waals surface area contributed by atoms with E-state index in [0.717, 1.165) is 25.9 Å². The molecule has 5 nitrogen and oxygen atoms in total. The summed E-state index contributed by atoms with van der Waals surface area (Å²) in [5.41, 5.74) is 5.29. The molecule has 0 aromatic heterocycles. The average molecular weight is 241 g/mol. The van der Waals surface area contributed by atoms with Crippen molar-refractivity contribution < 1.29 is 9.53 Å². The first-order chi connectivity index (χ1) is 8.09. The predicted octanol–water partition coefficient (Wildman–Crippen LogP) is -0.486. The smallest absolute Gasteiger partial charge is 0.234 e. The van der Waals surface area contributed by atoms with Gasteiger partial charge in [0.1, 0.15) is 5.41 Å². The number of amides is 1. The molecule has 2 rings (SSSR count). The Morgan fingerprint density at radius 3 is 2.47 bits per heavy atom. The number of carbonyl (C=O) groups is 1. The summed E-state index contributed by atoms with van der Waals surface area (Å²) < 4.78 is 5.17. The van der Waals surface area contributed by atoms with Crippen LogP contribution in [0, 0.1) is 5.41 Å². The Kier molecular flexibility index (Phi) is 3.70. The third-order valence-electron chi connectivity index (χ3n) is 4.16. The molecule has 2 aliphatic rings. The Bertz CT molecular complexity index is 278. The molecule has 0 saturated carbocycles. The van der Waals surface area contributed by atoms with Gasteiger partial charge in [0.25, 0.3) is 0 Å². The number of hydrogen-bond acceptors (Lipinski definition) is 4. The molecule has 2 heterocycles. The minimum Gasteiger partial charge on any atom is -0.379 e. The summed E-state index contributed by atoms with van der Waals surface area (Å²) in [6.45, 7) is 3.49. The minimum absolute atomic E-state index is 0.167. The monoisotopic (exact) mass is 241 g/mol. The van der Waals surface area contributed by atoms with E-state index in [1.165, 1.54) is 0 Å². The largest absolute Gasteiger partial charge is 0.379 e. The summed E-state index contributed by atoms with van der Waals surface area (Å²) in [5.74, 6) is 0.167. The zero-order valence-corrected chi connectivity index (χ0v) is 10.8. The Morgan fingerprint density at radius 1 is 1.47 bits per heavy atom. The third kappa shape index (κ3) is 2.32. The molecule has 0 unspecified atom stereocenters. The van der Waals surface area contributed by atoms with Crippen LogP contribution in [-0.4, -0.2) is 68.7 Å². The van der Waals surface area contributed by atoms with Crippen LogP contribution in [0.25, 0.3) is 0 Å². The van der Waals surface area contributed by atoms with E-state index in [1.54, 1.807) is 0 Å². The highest BCUT2D eigenvalue weighted by atomic mass is 16.5. The van der Waals surface area contributed by atoms with Gasteiger partial charge in [-0.1, -0.05) is 0 Å². The van der Waals surface area contributed by atoms with Gasteiger partial charge in [-0.15, -0.1) is 0 Å². The molecule has 0 aliphatic carbocycles. The van der Waals surface area contributed by atoms with Crippen molar-refractivity contribution >= 4 is 5.91 Å². The summed E-state index contributed by atoms with van der Waals surface area (Å²) in [6.07, 6.45) is 2.11. The van der Waals surface area contributed by atoms with Gasteiger partial charge >= 0.3 is 0 Å². The van der Waals surface area contributed by atoms with Crippen molar-refractivity contribution in [1.29, 1.82) is 0 Å². The van der Waals surface area contributed by atoms with Crippen LogP contribution in [0.5, 0.6) is 0 Å². The van der Waals surface area contributed by atoms with E-state index in [0.29, 0.717) is 25.8 Å². The number of nitrogens with two attached hydrogens (primary N) is 1. The standard InChI is InChI=1S/C12H23N3O2/c1-14-5-3-10(4-6-14)15(2)11(16)12(7-13)8-17-9-12/h10H,3-9,13H2,1-2H3. The number of rotatable bonds is 3. The van der Waals surface area contributed by atoms with E-state index in [1.807, 2.05) is 11.9 Å². The maximum atomic E-state index is 12.4. The van der Waals surface area contributed by atoms with Gasteiger partial charge < -0.3 is 20.3 Å². The van der Waals surface area contributed by atoms with Crippen molar-refractivity contribution in [3.05, 3.63) is 0 Å². The van der Waals surface area contributed by atoms with E-state index in [4.69, 9.17) is 10.5 Å². The number of ether oxygens (including phenoxy) is 1. The fourth-order valence-corrected chi connectivity index (χ4v) is 2.60. The van der Waals surface area contributed by atoms with Gasteiger partial charge in [-0.25, -0.2) is 0 Å². The zero-order chi connectivity index (χ0) is 12.5. The number of likely N-dealkylation sites (tertiary alicyclic amines) is 1. The topological polar surface area (TPSA) is 58.8 Å². The molecule has 0 aromatic rings. The first-order valence-corrected chi connectivity index (χ1v) is 6.33. The van der Waals surface area contributed by atoms with E-state index in [2.05, 4.69) is 11.9 Å². The third-order valence-corrected chi connectivity index (χ3v) is 4.16. The SMILES string of the molecule is CN1CCC(N(C)C(=O)C2(CN)COC2)CC1. The van der Waals surface area contributed by atoms with Crippen molar-refractivity contribution in [2.24, 2.45) is 11.1 Å². The molecular weight excluding hydrogens is 218 g/mol. The highest BCUT2D eigenvalue weighted by molar-refractivity contribution is 5.84. The molecule has 5 heteroatoms. The molecule has 0 spiro atoms. The van der Waals surface area contributed by atoms with E-state index in [-0.39, 0.29) is 5.91 Å². The number of piperidine rings is 1. The van der Waals surface area contributed by atoms with Gasteiger partial charge in [0.05, 0.1) is 13.2 Å². The molecule has 0 aromatic carbocycles. The lowest BCUT2D eigenvalue weighted by atomic mass is 9.83. The van der Waals surface area contributed by atoms with Gasteiger partial charge in [-0.3, -0.25) is 4.79 Å². The van der Waals surface area contributed by atoms with Gasteiger partial charge in [0.15, 0.2) is 0 Å². The summed E-state index contributed by atoms with van der Waals surface area (Å²) in [7, 11) is 4.03. The predicted molar refractivity (Wildman–Crippen MR) is 65.6 cm³/mol. The zero-order valence-electron chi connectivity index (χ0n) is 10.8. The van der Waals surface area contributed by atoms with Crippen molar-refractivity contribution in [2.75, 3.05) is 46.9 Å². The summed E-state index contributed by atoms with van der Waals surface area (Å²) in [6, 6.07) is 0.364. The highest BCUT2D eigenvalue weighted by Crippen LogP contribution is 2.30. The molecule has 2 saturated heterocycles. The summed E-state index contributed by atoms with van der Waals surface area (Å²) in [4.78, 5) is 16.6. The molecule has 1 amide bonds. The lowest BCUT2D eigenvalue weighted by Gasteiger charge is -2.44. The van der Waals surface area contributed by atoms with Crippen LogP contribution in [0.4, 0.5) is 0 Å². The second-order valence-electron chi connectivity index (χ2n) is 5.43. The van der Waals surface area contributed by atoms with Crippen LogP contribution in [0.15, 0.2) is 0 Å².